The van der Waals surface area contributed by atoms with Crippen LogP contribution in [0.5, 0.6) is 0 Å². The van der Waals surface area contributed by atoms with Crippen LogP contribution in [0.4, 0.5) is 0 Å². The van der Waals surface area contributed by atoms with Gasteiger partial charge in [0.15, 0.2) is 0 Å². The van der Waals surface area contributed by atoms with Gasteiger partial charge in [0.05, 0.1) is 0 Å². The minimum absolute atomic E-state index is 0.856. The first kappa shape index (κ1) is 7.07. The van der Waals surface area contributed by atoms with Gasteiger partial charge in [-0.3, -0.25) is 0 Å². The summed E-state index contributed by atoms with van der Waals surface area (Å²) in [6.07, 6.45) is 5.57. The summed E-state index contributed by atoms with van der Waals surface area (Å²) in [6.45, 7) is 3.19. The molecule has 0 aliphatic heterocycles. The van der Waals surface area contributed by atoms with Gasteiger partial charge in [-0.2, -0.15) is 0 Å². The van der Waals surface area contributed by atoms with Gasteiger partial charge in [-0.05, 0) is 24.8 Å². The van der Waals surface area contributed by atoms with Crippen molar-refractivity contribution in [3.63, 3.8) is 0 Å². The molecule has 0 aromatic carbocycles. The van der Waals surface area contributed by atoms with Crippen molar-refractivity contribution in [1.29, 1.82) is 0 Å². The molecule has 1 rings (SSSR count). The minimum Gasteiger partial charge on any atom is -0.330 e. The van der Waals surface area contributed by atoms with Crippen LogP contribution >= 0.6 is 0 Å². The van der Waals surface area contributed by atoms with E-state index in [-0.39, 0.29) is 0 Å². The maximum atomic E-state index is 5.60. The van der Waals surface area contributed by atoms with Crippen molar-refractivity contribution in [3.05, 3.63) is 0 Å². The molecule has 1 fully saturated rings. The molecular weight excluding hydrogens is 110 g/mol. The van der Waals surface area contributed by atoms with Gasteiger partial charge in [0.25, 0.3) is 0 Å². The third kappa shape index (κ3) is 1.45. The maximum Gasteiger partial charge on any atom is -0.00462 e. The van der Waals surface area contributed by atoms with Crippen molar-refractivity contribution in [2.24, 2.45) is 17.6 Å². The zero-order valence-electron chi connectivity index (χ0n) is 6.27. The van der Waals surface area contributed by atoms with Crippen LogP contribution in [0.25, 0.3) is 0 Å². The van der Waals surface area contributed by atoms with Crippen molar-refractivity contribution in [3.8, 4) is 0 Å². The van der Waals surface area contributed by atoms with Crippen molar-refractivity contribution in [1.82, 2.24) is 0 Å². The lowest BCUT2D eigenvalue weighted by atomic mass is 9.94. The highest BCUT2D eigenvalue weighted by molar-refractivity contribution is 4.76. The zero-order valence-corrected chi connectivity index (χ0v) is 6.27. The second-order valence-electron chi connectivity index (χ2n) is 3.10. The van der Waals surface area contributed by atoms with Gasteiger partial charge >= 0.3 is 0 Å². The smallest absolute Gasteiger partial charge is 0.00462 e. The molecule has 1 saturated carbocycles. The van der Waals surface area contributed by atoms with Crippen LogP contribution in [0, 0.1) is 11.8 Å². The molecule has 0 aromatic heterocycles. The molecule has 1 aliphatic rings. The summed E-state index contributed by atoms with van der Waals surface area (Å²) in [5.41, 5.74) is 5.60. The first-order valence-corrected chi connectivity index (χ1v) is 4.08. The van der Waals surface area contributed by atoms with Gasteiger partial charge < -0.3 is 5.73 Å². The SMILES string of the molecule is CC[C@@H]1CCC[C@H]1CN. The van der Waals surface area contributed by atoms with Crippen molar-refractivity contribution >= 4 is 0 Å². The Kier molecular flexibility index (Phi) is 2.52. The van der Waals surface area contributed by atoms with E-state index in [1.807, 2.05) is 0 Å². The van der Waals surface area contributed by atoms with Gasteiger partial charge in [0, 0.05) is 0 Å². The van der Waals surface area contributed by atoms with Gasteiger partial charge in [-0.15, -0.1) is 0 Å². The van der Waals surface area contributed by atoms with E-state index in [1.54, 1.807) is 0 Å². The summed E-state index contributed by atoms with van der Waals surface area (Å²) >= 11 is 0. The molecule has 0 unspecified atom stereocenters. The highest BCUT2D eigenvalue weighted by Gasteiger charge is 2.23. The van der Waals surface area contributed by atoms with E-state index in [9.17, 15) is 0 Å². The summed E-state index contributed by atoms with van der Waals surface area (Å²) in [5, 5.41) is 0. The van der Waals surface area contributed by atoms with E-state index in [4.69, 9.17) is 5.73 Å². The summed E-state index contributed by atoms with van der Waals surface area (Å²) in [4.78, 5) is 0. The van der Waals surface area contributed by atoms with E-state index >= 15 is 0 Å². The molecule has 1 heteroatoms. The summed E-state index contributed by atoms with van der Waals surface area (Å²) < 4.78 is 0. The van der Waals surface area contributed by atoms with Crippen molar-refractivity contribution < 1.29 is 0 Å². The summed E-state index contributed by atoms with van der Waals surface area (Å²) in [7, 11) is 0. The monoisotopic (exact) mass is 127 g/mol. The average molecular weight is 127 g/mol. The molecule has 9 heavy (non-hydrogen) atoms. The van der Waals surface area contributed by atoms with Gasteiger partial charge in [0.1, 0.15) is 0 Å². The summed E-state index contributed by atoms with van der Waals surface area (Å²) in [6, 6.07) is 0. The van der Waals surface area contributed by atoms with Gasteiger partial charge in [-0.25, -0.2) is 0 Å². The Morgan fingerprint density at radius 3 is 2.44 bits per heavy atom. The van der Waals surface area contributed by atoms with Crippen LogP contribution in [-0.4, -0.2) is 6.54 Å². The van der Waals surface area contributed by atoms with E-state index in [1.165, 1.54) is 25.7 Å². The van der Waals surface area contributed by atoms with E-state index in [2.05, 4.69) is 6.92 Å². The topological polar surface area (TPSA) is 26.0 Å². The Balaban J connectivity index is 2.32. The molecule has 1 nitrogen and oxygen atoms in total. The molecule has 2 atom stereocenters. The number of hydrogen-bond donors (Lipinski definition) is 1. The van der Waals surface area contributed by atoms with Gasteiger partial charge in [-0.1, -0.05) is 26.2 Å². The molecular formula is C8H17N. The Hall–Kier alpha value is -0.0400. The van der Waals surface area contributed by atoms with Crippen LogP contribution < -0.4 is 5.73 Å². The molecule has 0 amide bonds. The molecule has 0 saturated heterocycles. The fourth-order valence-corrected chi connectivity index (χ4v) is 1.96. The second-order valence-corrected chi connectivity index (χ2v) is 3.10. The van der Waals surface area contributed by atoms with E-state index in [0.717, 1.165) is 18.4 Å². The molecule has 0 radical (unpaired) electrons. The lowest BCUT2D eigenvalue weighted by molar-refractivity contribution is 0.385. The number of hydrogen-bond acceptors (Lipinski definition) is 1. The Labute approximate surface area is 57.6 Å². The Bertz CT molecular complexity index is 70.6. The molecule has 1 aliphatic carbocycles. The van der Waals surface area contributed by atoms with Crippen LogP contribution in [0.2, 0.25) is 0 Å². The second kappa shape index (κ2) is 3.21. The standard InChI is InChI=1S/C8H17N/c1-2-7-4-3-5-8(7)6-9/h7-8H,2-6,9H2,1H3/t7-,8+/m1/s1. The quantitative estimate of drug-likeness (QED) is 0.601. The number of rotatable bonds is 2. The van der Waals surface area contributed by atoms with Crippen LogP contribution in [0.15, 0.2) is 0 Å². The molecule has 54 valence electrons. The lowest BCUT2D eigenvalue weighted by Crippen LogP contribution is -2.17. The van der Waals surface area contributed by atoms with E-state index in [0.29, 0.717) is 0 Å². The fraction of sp³-hybridized carbons (Fsp3) is 1.00. The Morgan fingerprint density at radius 1 is 1.33 bits per heavy atom. The van der Waals surface area contributed by atoms with Crippen LogP contribution in [0.3, 0.4) is 0 Å². The number of nitrogens with two attached hydrogens (primary N) is 1. The highest BCUT2D eigenvalue weighted by Crippen LogP contribution is 2.32. The molecule has 0 spiro atoms. The molecule has 0 aromatic rings. The maximum absolute atomic E-state index is 5.60. The molecule has 0 bridgehead atoms. The fourth-order valence-electron chi connectivity index (χ4n) is 1.96. The lowest BCUT2D eigenvalue weighted by Gasteiger charge is -2.14. The highest BCUT2D eigenvalue weighted by atomic mass is 14.6. The Morgan fingerprint density at radius 2 is 2.00 bits per heavy atom. The van der Waals surface area contributed by atoms with E-state index < -0.39 is 0 Å². The molecule has 0 heterocycles. The van der Waals surface area contributed by atoms with Crippen molar-refractivity contribution in [2.45, 2.75) is 32.6 Å². The third-order valence-corrected chi connectivity index (χ3v) is 2.64. The predicted molar refractivity (Wildman–Crippen MR) is 40.2 cm³/mol. The molecule has 2 N–H and O–H groups in total. The normalized spacial score (nSPS) is 35.3. The third-order valence-electron chi connectivity index (χ3n) is 2.64. The first-order chi connectivity index (χ1) is 4.38. The summed E-state index contributed by atoms with van der Waals surface area (Å²) in [5.74, 6) is 1.81. The minimum atomic E-state index is 0.856. The zero-order chi connectivity index (χ0) is 6.69. The average Bonchev–Trinajstić information content (AvgIpc) is 2.33. The van der Waals surface area contributed by atoms with Crippen molar-refractivity contribution in [2.75, 3.05) is 6.54 Å². The van der Waals surface area contributed by atoms with Crippen LogP contribution in [-0.2, 0) is 0 Å². The predicted octanol–water partition coefficient (Wildman–Crippen LogP) is 1.77. The first-order valence-electron chi connectivity index (χ1n) is 4.08. The van der Waals surface area contributed by atoms with Gasteiger partial charge in [0.2, 0.25) is 0 Å². The van der Waals surface area contributed by atoms with Crippen LogP contribution in [0.1, 0.15) is 32.6 Å². The largest absolute Gasteiger partial charge is 0.330 e.